The van der Waals surface area contributed by atoms with E-state index in [4.69, 9.17) is 11.6 Å². The second-order valence-corrected chi connectivity index (χ2v) is 5.38. The molecule has 1 N–H and O–H groups in total. The summed E-state index contributed by atoms with van der Waals surface area (Å²) in [5.41, 5.74) is 0.657. The van der Waals surface area contributed by atoms with Crippen LogP contribution in [0.15, 0.2) is 30.7 Å². The summed E-state index contributed by atoms with van der Waals surface area (Å²) in [6.45, 7) is 0. The van der Waals surface area contributed by atoms with Crippen LogP contribution in [0.2, 0.25) is 5.02 Å². The van der Waals surface area contributed by atoms with Crippen molar-refractivity contribution in [2.45, 2.75) is 25.7 Å². The number of hydrogen-bond donors (Lipinski definition) is 1. The molecule has 1 saturated carbocycles. The molecule has 1 aliphatic carbocycles. The third kappa shape index (κ3) is 2.67. The molecule has 2 heterocycles. The number of anilines is 1. The maximum Gasteiger partial charge on any atom is 0.227 e. The molecular formula is C14H15ClN4O. The molecule has 5 nitrogen and oxygen atoms in total. The van der Waals surface area contributed by atoms with E-state index in [0.29, 0.717) is 16.5 Å². The van der Waals surface area contributed by atoms with Crippen molar-refractivity contribution < 1.29 is 4.79 Å². The fourth-order valence-corrected chi connectivity index (χ4v) is 2.65. The minimum Gasteiger partial charge on any atom is -0.323 e. The minimum atomic E-state index is 0.0648. The van der Waals surface area contributed by atoms with E-state index in [1.165, 1.54) is 0 Å². The van der Waals surface area contributed by atoms with Crippen molar-refractivity contribution in [3.8, 4) is 5.82 Å². The topological polar surface area (TPSA) is 59.8 Å². The van der Waals surface area contributed by atoms with Gasteiger partial charge in [0, 0.05) is 12.1 Å². The van der Waals surface area contributed by atoms with Gasteiger partial charge in [-0.3, -0.25) is 4.79 Å². The molecule has 2 aromatic heterocycles. The van der Waals surface area contributed by atoms with E-state index in [9.17, 15) is 4.79 Å². The zero-order valence-corrected chi connectivity index (χ0v) is 11.7. The lowest BCUT2D eigenvalue weighted by Crippen LogP contribution is -2.21. The van der Waals surface area contributed by atoms with Gasteiger partial charge >= 0.3 is 0 Å². The van der Waals surface area contributed by atoms with Gasteiger partial charge < -0.3 is 5.32 Å². The van der Waals surface area contributed by atoms with Gasteiger partial charge in [0.1, 0.15) is 0 Å². The van der Waals surface area contributed by atoms with Crippen LogP contribution in [0, 0.1) is 5.92 Å². The van der Waals surface area contributed by atoms with Gasteiger partial charge in [-0.05, 0) is 25.0 Å². The third-order valence-electron chi connectivity index (χ3n) is 3.54. The van der Waals surface area contributed by atoms with Crippen LogP contribution in [0.1, 0.15) is 25.7 Å². The molecule has 3 rings (SSSR count). The fourth-order valence-electron chi connectivity index (χ4n) is 2.52. The van der Waals surface area contributed by atoms with Crippen LogP contribution in [0.5, 0.6) is 0 Å². The summed E-state index contributed by atoms with van der Waals surface area (Å²) in [5.74, 6) is 0.755. The van der Waals surface area contributed by atoms with Crippen molar-refractivity contribution in [3.63, 3.8) is 0 Å². The van der Waals surface area contributed by atoms with Gasteiger partial charge in [0.15, 0.2) is 5.82 Å². The van der Waals surface area contributed by atoms with Crippen molar-refractivity contribution in [3.05, 3.63) is 35.7 Å². The third-order valence-corrected chi connectivity index (χ3v) is 3.73. The highest BCUT2D eigenvalue weighted by molar-refractivity contribution is 6.30. The van der Waals surface area contributed by atoms with Gasteiger partial charge in [0.05, 0.1) is 23.1 Å². The van der Waals surface area contributed by atoms with E-state index < -0.39 is 0 Å². The lowest BCUT2D eigenvalue weighted by molar-refractivity contribution is -0.119. The maximum absolute atomic E-state index is 12.2. The number of carbonyl (C=O) groups is 1. The van der Waals surface area contributed by atoms with Gasteiger partial charge in [-0.15, -0.1) is 0 Å². The van der Waals surface area contributed by atoms with Gasteiger partial charge in [-0.25, -0.2) is 9.67 Å². The molecule has 0 spiro atoms. The Bertz CT molecular complexity index is 619. The smallest absolute Gasteiger partial charge is 0.227 e. The first kappa shape index (κ1) is 13.1. The average molecular weight is 291 g/mol. The molecule has 1 fully saturated rings. The van der Waals surface area contributed by atoms with Crippen LogP contribution in [-0.2, 0) is 4.79 Å². The van der Waals surface area contributed by atoms with Crippen LogP contribution in [0.4, 0.5) is 5.69 Å². The standard InChI is InChI=1S/C14H15ClN4O/c15-11-8-17-19(9-11)13-12(6-3-7-16-13)18-14(20)10-4-1-2-5-10/h3,6-10H,1-2,4-5H2,(H,18,20). The molecule has 0 aliphatic heterocycles. The molecule has 0 bridgehead atoms. The van der Waals surface area contributed by atoms with E-state index in [1.807, 2.05) is 6.07 Å². The molecule has 1 aliphatic rings. The summed E-state index contributed by atoms with van der Waals surface area (Å²) in [5, 5.41) is 7.61. The fraction of sp³-hybridized carbons (Fsp3) is 0.357. The predicted octanol–water partition coefficient (Wildman–Crippen LogP) is 3.05. The highest BCUT2D eigenvalue weighted by Crippen LogP contribution is 2.27. The molecule has 20 heavy (non-hydrogen) atoms. The first-order chi connectivity index (χ1) is 9.74. The number of nitrogens with zero attached hydrogens (tertiary/aromatic N) is 3. The Morgan fingerprint density at radius 2 is 2.20 bits per heavy atom. The van der Waals surface area contributed by atoms with Gasteiger partial charge in [-0.1, -0.05) is 24.4 Å². The second kappa shape index (κ2) is 5.63. The lowest BCUT2D eigenvalue weighted by Gasteiger charge is -2.13. The van der Waals surface area contributed by atoms with Gasteiger partial charge in [-0.2, -0.15) is 5.10 Å². The quantitative estimate of drug-likeness (QED) is 0.945. The number of halogens is 1. The summed E-state index contributed by atoms with van der Waals surface area (Å²) in [4.78, 5) is 16.5. The highest BCUT2D eigenvalue weighted by atomic mass is 35.5. The number of pyridine rings is 1. The van der Waals surface area contributed by atoms with Crippen molar-refractivity contribution in [1.29, 1.82) is 0 Å². The Kier molecular flexibility index (Phi) is 3.69. The summed E-state index contributed by atoms with van der Waals surface area (Å²) < 4.78 is 1.56. The normalized spacial score (nSPS) is 15.4. The monoisotopic (exact) mass is 290 g/mol. The Morgan fingerprint density at radius 3 is 2.90 bits per heavy atom. The van der Waals surface area contributed by atoms with Crippen LogP contribution < -0.4 is 5.32 Å². The summed E-state index contributed by atoms with van der Waals surface area (Å²) in [7, 11) is 0. The van der Waals surface area contributed by atoms with Gasteiger partial charge in [0.25, 0.3) is 0 Å². The molecule has 0 aromatic carbocycles. The molecule has 0 radical (unpaired) electrons. The van der Waals surface area contributed by atoms with Crippen molar-refractivity contribution >= 4 is 23.2 Å². The lowest BCUT2D eigenvalue weighted by atomic mass is 10.1. The zero-order valence-electron chi connectivity index (χ0n) is 10.9. The molecule has 0 saturated heterocycles. The zero-order chi connectivity index (χ0) is 13.9. The molecule has 0 atom stereocenters. The first-order valence-electron chi connectivity index (χ1n) is 6.70. The number of nitrogens with one attached hydrogen (secondary N) is 1. The van der Waals surface area contributed by atoms with E-state index in [-0.39, 0.29) is 11.8 Å². The molecular weight excluding hydrogens is 276 g/mol. The molecule has 2 aromatic rings. The number of carbonyl (C=O) groups excluding carboxylic acids is 1. The van der Waals surface area contributed by atoms with Crippen LogP contribution in [0.25, 0.3) is 5.82 Å². The number of hydrogen-bond acceptors (Lipinski definition) is 3. The Labute approximate surface area is 122 Å². The van der Waals surface area contributed by atoms with Crippen LogP contribution in [0.3, 0.4) is 0 Å². The highest BCUT2D eigenvalue weighted by Gasteiger charge is 2.23. The minimum absolute atomic E-state index is 0.0648. The van der Waals surface area contributed by atoms with E-state index in [1.54, 1.807) is 29.3 Å². The van der Waals surface area contributed by atoms with Crippen LogP contribution in [-0.4, -0.2) is 20.7 Å². The summed E-state index contributed by atoms with van der Waals surface area (Å²) in [6, 6.07) is 3.61. The largest absolute Gasteiger partial charge is 0.323 e. The van der Waals surface area contributed by atoms with Crippen molar-refractivity contribution in [2.75, 3.05) is 5.32 Å². The Balaban J connectivity index is 1.84. The van der Waals surface area contributed by atoms with E-state index >= 15 is 0 Å². The van der Waals surface area contributed by atoms with Crippen LogP contribution >= 0.6 is 11.6 Å². The first-order valence-corrected chi connectivity index (χ1v) is 7.08. The Hall–Kier alpha value is -1.88. The van der Waals surface area contributed by atoms with Gasteiger partial charge in [0.2, 0.25) is 5.91 Å². The Morgan fingerprint density at radius 1 is 1.40 bits per heavy atom. The van der Waals surface area contributed by atoms with E-state index in [2.05, 4.69) is 15.4 Å². The van der Waals surface area contributed by atoms with Crippen molar-refractivity contribution in [1.82, 2.24) is 14.8 Å². The summed E-state index contributed by atoms with van der Waals surface area (Å²) in [6.07, 6.45) is 9.06. The SMILES string of the molecule is O=C(Nc1cccnc1-n1cc(Cl)cn1)C1CCCC1. The summed E-state index contributed by atoms with van der Waals surface area (Å²) >= 11 is 5.87. The number of rotatable bonds is 3. The molecule has 1 amide bonds. The van der Waals surface area contributed by atoms with E-state index in [0.717, 1.165) is 25.7 Å². The average Bonchev–Trinajstić information content (AvgIpc) is 3.10. The molecule has 6 heteroatoms. The predicted molar refractivity (Wildman–Crippen MR) is 77.0 cm³/mol. The maximum atomic E-state index is 12.2. The second-order valence-electron chi connectivity index (χ2n) is 4.95. The van der Waals surface area contributed by atoms with Crippen molar-refractivity contribution in [2.24, 2.45) is 5.92 Å². The molecule has 104 valence electrons. The molecule has 0 unspecified atom stereocenters. The number of aromatic nitrogens is 3. The number of amides is 1.